The topological polar surface area (TPSA) is 38.3 Å². The Labute approximate surface area is 106 Å². The van der Waals surface area contributed by atoms with Crippen molar-refractivity contribution in [2.24, 2.45) is 0 Å². The second kappa shape index (κ2) is 6.50. The molecule has 1 fully saturated rings. The largest absolute Gasteiger partial charge is 0.368 e. The molecular weight excluding hydrogens is 233 g/mol. The van der Waals surface area contributed by atoms with E-state index in [9.17, 15) is 9.18 Å². The lowest BCUT2D eigenvalue weighted by molar-refractivity contribution is -0.130. The van der Waals surface area contributed by atoms with Crippen LogP contribution in [0.1, 0.15) is 24.8 Å². The first-order valence-corrected chi connectivity index (χ1v) is 6.39. The number of hydrogen-bond acceptors (Lipinski definition) is 2. The molecule has 4 heteroatoms. The summed E-state index contributed by atoms with van der Waals surface area (Å²) in [5.74, 6) is -0.225. The molecule has 0 spiro atoms. The molecule has 1 aliphatic heterocycles. The van der Waals surface area contributed by atoms with E-state index in [1.54, 1.807) is 12.1 Å². The van der Waals surface area contributed by atoms with Gasteiger partial charge in [-0.05, 0) is 43.4 Å². The Balaban J connectivity index is 1.63. The van der Waals surface area contributed by atoms with Gasteiger partial charge in [-0.3, -0.25) is 4.79 Å². The zero-order valence-electron chi connectivity index (χ0n) is 10.3. The minimum Gasteiger partial charge on any atom is -0.368 e. The van der Waals surface area contributed by atoms with Gasteiger partial charge < -0.3 is 10.1 Å². The van der Waals surface area contributed by atoms with Crippen LogP contribution < -0.4 is 5.32 Å². The van der Waals surface area contributed by atoms with E-state index in [4.69, 9.17) is 4.74 Å². The summed E-state index contributed by atoms with van der Waals surface area (Å²) in [5.41, 5.74) is 1.09. The van der Waals surface area contributed by atoms with Crippen LogP contribution in [0.5, 0.6) is 0 Å². The van der Waals surface area contributed by atoms with Gasteiger partial charge in [0.2, 0.25) is 5.91 Å². The van der Waals surface area contributed by atoms with E-state index < -0.39 is 0 Å². The van der Waals surface area contributed by atoms with Crippen LogP contribution in [0.2, 0.25) is 0 Å². The van der Waals surface area contributed by atoms with E-state index in [1.807, 2.05) is 0 Å². The highest BCUT2D eigenvalue weighted by Crippen LogP contribution is 2.11. The third kappa shape index (κ3) is 3.81. The summed E-state index contributed by atoms with van der Waals surface area (Å²) < 4.78 is 18.0. The van der Waals surface area contributed by atoms with Crippen LogP contribution in [0, 0.1) is 5.82 Å². The summed E-state index contributed by atoms with van der Waals surface area (Å²) in [5, 5.41) is 2.87. The van der Waals surface area contributed by atoms with Crippen LogP contribution in [0.15, 0.2) is 24.3 Å². The number of benzene rings is 1. The summed E-state index contributed by atoms with van der Waals surface area (Å²) in [4.78, 5) is 11.6. The van der Waals surface area contributed by atoms with Crippen LogP contribution in [-0.4, -0.2) is 25.2 Å². The summed E-state index contributed by atoms with van der Waals surface area (Å²) >= 11 is 0. The van der Waals surface area contributed by atoms with Crippen molar-refractivity contribution in [3.05, 3.63) is 35.6 Å². The van der Waals surface area contributed by atoms with Gasteiger partial charge in [-0.25, -0.2) is 4.39 Å². The highest BCUT2D eigenvalue weighted by molar-refractivity contribution is 5.80. The fraction of sp³-hybridized carbons (Fsp3) is 0.500. The highest BCUT2D eigenvalue weighted by atomic mass is 19.1. The molecule has 1 aromatic carbocycles. The summed E-state index contributed by atoms with van der Waals surface area (Å²) in [6, 6.07) is 6.47. The fourth-order valence-electron chi connectivity index (χ4n) is 2.05. The first kappa shape index (κ1) is 13.0. The molecule has 1 amide bonds. The molecule has 1 unspecified atom stereocenters. The van der Waals surface area contributed by atoms with E-state index in [-0.39, 0.29) is 17.8 Å². The van der Waals surface area contributed by atoms with E-state index in [1.165, 1.54) is 12.1 Å². The standard InChI is InChI=1S/C14H18FNO2/c15-12-7-5-11(6-8-12)3-1-9-16-14(17)13-4-2-10-18-13/h5-8,13H,1-4,9-10H2,(H,16,17). The van der Waals surface area contributed by atoms with Crippen LogP contribution in [-0.2, 0) is 16.0 Å². The molecule has 0 aromatic heterocycles. The monoisotopic (exact) mass is 251 g/mol. The third-order valence-electron chi connectivity index (χ3n) is 3.08. The molecule has 1 saturated heterocycles. The van der Waals surface area contributed by atoms with Crippen molar-refractivity contribution in [1.82, 2.24) is 5.32 Å². The van der Waals surface area contributed by atoms with Crippen molar-refractivity contribution in [3.63, 3.8) is 0 Å². The van der Waals surface area contributed by atoms with Crippen molar-refractivity contribution in [3.8, 4) is 0 Å². The molecule has 1 heterocycles. The molecule has 0 saturated carbocycles. The van der Waals surface area contributed by atoms with Gasteiger partial charge >= 0.3 is 0 Å². The predicted octanol–water partition coefficient (Wildman–Crippen LogP) is 2.05. The van der Waals surface area contributed by atoms with E-state index in [0.717, 1.165) is 31.2 Å². The molecule has 3 nitrogen and oxygen atoms in total. The van der Waals surface area contributed by atoms with Gasteiger partial charge in [0.05, 0.1) is 0 Å². The maximum atomic E-state index is 12.7. The van der Waals surface area contributed by atoms with E-state index in [2.05, 4.69) is 5.32 Å². The summed E-state index contributed by atoms with van der Waals surface area (Å²) in [7, 11) is 0. The van der Waals surface area contributed by atoms with Crippen LogP contribution in [0.25, 0.3) is 0 Å². The Morgan fingerprint density at radius 1 is 1.39 bits per heavy atom. The smallest absolute Gasteiger partial charge is 0.249 e. The molecule has 0 bridgehead atoms. The van der Waals surface area contributed by atoms with Crippen molar-refractivity contribution >= 4 is 5.91 Å². The van der Waals surface area contributed by atoms with Gasteiger partial charge in [0.1, 0.15) is 11.9 Å². The lowest BCUT2D eigenvalue weighted by Gasteiger charge is -2.10. The molecule has 0 aliphatic carbocycles. The molecule has 18 heavy (non-hydrogen) atoms. The SMILES string of the molecule is O=C(NCCCc1ccc(F)cc1)C1CCCO1. The Kier molecular flexibility index (Phi) is 4.70. The Morgan fingerprint density at radius 3 is 2.83 bits per heavy atom. The molecule has 98 valence electrons. The van der Waals surface area contributed by atoms with Crippen molar-refractivity contribution in [1.29, 1.82) is 0 Å². The number of nitrogens with one attached hydrogen (secondary N) is 1. The number of rotatable bonds is 5. The zero-order chi connectivity index (χ0) is 12.8. The Hall–Kier alpha value is -1.42. The molecule has 1 N–H and O–H groups in total. The third-order valence-corrected chi connectivity index (χ3v) is 3.08. The normalized spacial score (nSPS) is 18.8. The minimum absolute atomic E-state index is 0.00777. The van der Waals surface area contributed by atoms with E-state index in [0.29, 0.717) is 13.2 Å². The summed E-state index contributed by atoms with van der Waals surface area (Å²) in [6.07, 6.45) is 3.23. The second-order valence-corrected chi connectivity index (χ2v) is 4.52. The fourth-order valence-corrected chi connectivity index (χ4v) is 2.05. The van der Waals surface area contributed by atoms with Crippen molar-refractivity contribution < 1.29 is 13.9 Å². The van der Waals surface area contributed by atoms with Gasteiger partial charge in [-0.15, -0.1) is 0 Å². The molecule has 1 atom stereocenters. The molecule has 1 aromatic rings. The maximum Gasteiger partial charge on any atom is 0.249 e. The van der Waals surface area contributed by atoms with E-state index >= 15 is 0 Å². The zero-order valence-corrected chi connectivity index (χ0v) is 10.3. The average molecular weight is 251 g/mol. The number of carbonyl (C=O) groups excluding carboxylic acids is 1. The maximum absolute atomic E-state index is 12.7. The van der Waals surface area contributed by atoms with Gasteiger partial charge in [-0.2, -0.15) is 0 Å². The molecule has 0 radical (unpaired) electrons. The first-order chi connectivity index (χ1) is 8.75. The predicted molar refractivity (Wildman–Crippen MR) is 66.7 cm³/mol. The van der Waals surface area contributed by atoms with Crippen LogP contribution >= 0.6 is 0 Å². The number of aryl methyl sites for hydroxylation is 1. The van der Waals surface area contributed by atoms with Crippen molar-refractivity contribution in [2.75, 3.05) is 13.2 Å². The van der Waals surface area contributed by atoms with Gasteiger partial charge in [-0.1, -0.05) is 12.1 Å². The number of halogens is 1. The molecular formula is C14H18FNO2. The molecule has 1 aliphatic rings. The summed E-state index contributed by atoms with van der Waals surface area (Å²) in [6.45, 7) is 1.32. The van der Waals surface area contributed by atoms with Crippen LogP contribution in [0.4, 0.5) is 4.39 Å². The lowest BCUT2D eigenvalue weighted by Crippen LogP contribution is -2.34. The quantitative estimate of drug-likeness (QED) is 0.813. The van der Waals surface area contributed by atoms with Crippen molar-refractivity contribution in [2.45, 2.75) is 31.8 Å². The lowest BCUT2D eigenvalue weighted by atomic mass is 10.1. The highest BCUT2D eigenvalue weighted by Gasteiger charge is 2.22. The average Bonchev–Trinajstić information content (AvgIpc) is 2.90. The Morgan fingerprint density at radius 2 is 2.17 bits per heavy atom. The van der Waals surface area contributed by atoms with Gasteiger partial charge in [0.25, 0.3) is 0 Å². The molecule has 2 rings (SSSR count). The second-order valence-electron chi connectivity index (χ2n) is 4.52. The number of amides is 1. The van der Waals surface area contributed by atoms with Gasteiger partial charge in [0.15, 0.2) is 0 Å². The first-order valence-electron chi connectivity index (χ1n) is 6.39. The Bertz CT molecular complexity index is 385. The number of hydrogen-bond donors (Lipinski definition) is 1. The number of ether oxygens (including phenoxy) is 1. The van der Waals surface area contributed by atoms with Gasteiger partial charge in [0, 0.05) is 13.2 Å². The number of carbonyl (C=O) groups is 1. The minimum atomic E-state index is -0.254. The van der Waals surface area contributed by atoms with Crippen LogP contribution in [0.3, 0.4) is 0 Å².